The molecule has 35 heavy (non-hydrogen) atoms. The number of nitrogens with zero attached hydrogens (tertiary/aromatic N) is 1. The van der Waals surface area contributed by atoms with Crippen molar-refractivity contribution >= 4 is 38.3 Å². The molecule has 1 N–H and O–H groups in total. The maximum absolute atomic E-state index is 13.2. The molecule has 1 amide bonds. The van der Waals surface area contributed by atoms with Crippen LogP contribution in [-0.2, 0) is 26.1 Å². The molecular weight excluding hydrogens is 484 g/mol. The molecular formula is C26H32N2O5S2. The van der Waals surface area contributed by atoms with Crippen molar-refractivity contribution in [2.24, 2.45) is 23.2 Å². The summed E-state index contributed by atoms with van der Waals surface area (Å²) < 4.78 is 28.2. The topological polar surface area (TPSA) is 102 Å². The summed E-state index contributed by atoms with van der Waals surface area (Å²) in [6.45, 7) is 4.10. The van der Waals surface area contributed by atoms with Crippen LogP contribution in [0.5, 0.6) is 5.75 Å². The number of hydrogen-bond donors (Lipinski definition) is 1. The van der Waals surface area contributed by atoms with Crippen LogP contribution >= 0.6 is 11.3 Å². The first-order valence-electron chi connectivity index (χ1n) is 12.3. The lowest BCUT2D eigenvalue weighted by atomic mass is 9.54. The van der Waals surface area contributed by atoms with E-state index in [1.807, 2.05) is 19.1 Å². The number of carbonyl (C=O) groups excluding carboxylic acids is 2. The average Bonchev–Trinajstić information content (AvgIpc) is 3.30. The molecule has 7 nitrogen and oxygen atoms in total. The van der Waals surface area contributed by atoms with Crippen molar-refractivity contribution in [3.8, 4) is 5.75 Å². The van der Waals surface area contributed by atoms with Gasteiger partial charge in [-0.25, -0.2) is 4.98 Å². The van der Waals surface area contributed by atoms with Crippen LogP contribution in [0.1, 0.15) is 67.4 Å². The summed E-state index contributed by atoms with van der Waals surface area (Å²) in [5, 5.41) is 3.52. The number of thiazole rings is 1. The molecule has 0 aliphatic heterocycles. The van der Waals surface area contributed by atoms with E-state index >= 15 is 0 Å². The summed E-state index contributed by atoms with van der Waals surface area (Å²) in [5.74, 6) is 1.89. The van der Waals surface area contributed by atoms with E-state index in [0.717, 1.165) is 42.4 Å². The van der Waals surface area contributed by atoms with E-state index < -0.39 is 10.1 Å². The number of nitrogens with one attached hydrogen (secondary N) is 1. The highest BCUT2D eigenvalue weighted by molar-refractivity contribution is 7.86. The maximum atomic E-state index is 13.2. The molecule has 5 atom stereocenters. The SMILES string of the molecule is Cc1cnc(NC(=O)CCC2CC(=O)C3(C)CCC4c5ccc(OS(C)(=O)=O)cc5CCC4C23)s1. The Balaban J connectivity index is 1.33. The minimum Gasteiger partial charge on any atom is -0.383 e. The van der Waals surface area contributed by atoms with Gasteiger partial charge in [0.05, 0.1) is 6.26 Å². The van der Waals surface area contributed by atoms with E-state index in [9.17, 15) is 18.0 Å². The van der Waals surface area contributed by atoms with Crippen LogP contribution in [0.25, 0.3) is 0 Å². The number of hydrogen-bond acceptors (Lipinski definition) is 7. The van der Waals surface area contributed by atoms with Crippen LogP contribution in [0.2, 0.25) is 0 Å². The molecule has 9 heteroatoms. The number of fused-ring (bicyclic) bond motifs is 5. The number of Topliss-reactive ketones (excluding diaryl/α,β-unsaturated/α-hetero) is 1. The molecule has 2 saturated carbocycles. The van der Waals surface area contributed by atoms with Gasteiger partial charge in [-0.2, -0.15) is 8.42 Å². The number of carbonyl (C=O) groups is 2. The number of anilines is 1. The Morgan fingerprint density at radius 2 is 2.11 bits per heavy atom. The Kier molecular flexibility index (Phi) is 6.28. The zero-order valence-electron chi connectivity index (χ0n) is 20.4. The highest BCUT2D eigenvalue weighted by atomic mass is 32.2. The van der Waals surface area contributed by atoms with Gasteiger partial charge in [0.15, 0.2) is 5.13 Å². The monoisotopic (exact) mass is 516 g/mol. The van der Waals surface area contributed by atoms with Crippen molar-refractivity contribution in [3.63, 3.8) is 0 Å². The van der Waals surface area contributed by atoms with E-state index in [2.05, 4.69) is 17.2 Å². The summed E-state index contributed by atoms with van der Waals surface area (Å²) in [7, 11) is -3.57. The second-order valence-electron chi connectivity index (χ2n) is 10.7. The molecule has 0 radical (unpaired) electrons. The van der Waals surface area contributed by atoms with Crippen LogP contribution in [0.15, 0.2) is 24.4 Å². The third-order valence-electron chi connectivity index (χ3n) is 8.40. The Morgan fingerprint density at radius 1 is 1.31 bits per heavy atom. The van der Waals surface area contributed by atoms with Gasteiger partial charge in [0.1, 0.15) is 11.5 Å². The molecule has 1 aromatic heterocycles. The van der Waals surface area contributed by atoms with Crippen molar-refractivity contribution in [1.29, 1.82) is 0 Å². The van der Waals surface area contributed by atoms with Gasteiger partial charge in [-0.3, -0.25) is 9.59 Å². The molecule has 2 fully saturated rings. The van der Waals surface area contributed by atoms with Crippen molar-refractivity contribution in [2.45, 2.75) is 64.7 Å². The first-order chi connectivity index (χ1) is 16.5. The average molecular weight is 517 g/mol. The van der Waals surface area contributed by atoms with Gasteiger partial charge in [0.2, 0.25) is 5.91 Å². The summed E-state index contributed by atoms with van der Waals surface area (Å²) in [6, 6.07) is 5.63. The van der Waals surface area contributed by atoms with E-state index in [-0.39, 0.29) is 23.2 Å². The van der Waals surface area contributed by atoms with Gasteiger partial charge in [0.25, 0.3) is 0 Å². The molecule has 1 aromatic carbocycles. The number of aromatic nitrogens is 1. The lowest BCUT2D eigenvalue weighted by Gasteiger charge is -2.50. The molecule has 3 aliphatic rings. The summed E-state index contributed by atoms with van der Waals surface area (Å²) >= 11 is 1.46. The number of benzene rings is 1. The predicted octanol–water partition coefficient (Wildman–Crippen LogP) is 4.86. The molecule has 188 valence electrons. The summed E-state index contributed by atoms with van der Waals surface area (Å²) in [5.41, 5.74) is 2.10. The van der Waals surface area contributed by atoms with Crippen LogP contribution in [-0.4, -0.2) is 31.3 Å². The van der Waals surface area contributed by atoms with Crippen molar-refractivity contribution in [1.82, 2.24) is 4.98 Å². The van der Waals surface area contributed by atoms with Crippen molar-refractivity contribution in [3.05, 3.63) is 40.4 Å². The van der Waals surface area contributed by atoms with Crippen molar-refractivity contribution in [2.75, 3.05) is 11.6 Å². The quantitative estimate of drug-likeness (QED) is 0.550. The molecule has 3 aliphatic carbocycles. The highest BCUT2D eigenvalue weighted by Gasteiger charge is 2.58. The highest BCUT2D eigenvalue weighted by Crippen LogP contribution is 2.62. The maximum Gasteiger partial charge on any atom is 0.306 e. The van der Waals surface area contributed by atoms with Crippen LogP contribution in [0, 0.1) is 30.1 Å². The molecule has 0 spiro atoms. The fourth-order valence-electron chi connectivity index (χ4n) is 7.02. The van der Waals surface area contributed by atoms with E-state index in [0.29, 0.717) is 47.8 Å². The predicted molar refractivity (Wildman–Crippen MR) is 135 cm³/mol. The number of aryl methyl sites for hydroxylation is 2. The molecule has 5 unspecified atom stereocenters. The first kappa shape index (κ1) is 24.4. The minimum atomic E-state index is -3.57. The largest absolute Gasteiger partial charge is 0.383 e. The van der Waals surface area contributed by atoms with E-state index in [1.165, 1.54) is 16.9 Å². The zero-order valence-corrected chi connectivity index (χ0v) is 22.0. The Labute approximate surface area is 210 Å². The molecule has 2 aromatic rings. The van der Waals surface area contributed by atoms with Crippen LogP contribution < -0.4 is 9.50 Å². The third-order valence-corrected chi connectivity index (χ3v) is 9.72. The minimum absolute atomic E-state index is 0.0415. The number of amides is 1. The fourth-order valence-corrected chi connectivity index (χ4v) is 8.15. The van der Waals surface area contributed by atoms with Crippen LogP contribution in [0.3, 0.4) is 0 Å². The third kappa shape index (κ3) is 4.77. The van der Waals surface area contributed by atoms with E-state index in [4.69, 9.17) is 4.18 Å². The van der Waals surface area contributed by atoms with Crippen molar-refractivity contribution < 1.29 is 22.2 Å². The van der Waals surface area contributed by atoms with Gasteiger partial charge < -0.3 is 9.50 Å². The molecule has 0 bridgehead atoms. The Morgan fingerprint density at radius 3 is 2.83 bits per heavy atom. The Hall–Kier alpha value is -2.26. The number of rotatable bonds is 6. The molecule has 0 saturated heterocycles. The van der Waals surface area contributed by atoms with Gasteiger partial charge in [0, 0.05) is 29.3 Å². The van der Waals surface area contributed by atoms with Gasteiger partial charge >= 0.3 is 10.1 Å². The van der Waals surface area contributed by atoms with E-state index in [1.54, 1.807) is 12.3 Å². The van der Waals surface area contributed by atoms with Gasteiger partial charge in [-0.05, 0) is 86.0 Å². The van der Waals surface area contributed by atoms with Crippen LogP contribution in [0.4, 0.5) is 5.13 Å². The van der Waals surface area contributed by atoms with Gasteiger partial charge in [-0.15, -0.1) is 11.3 Å². The summed E-state index contributed by atoms with van der Waals surface area (Å²) in [4.78, 5) is 31.1. The second-order valence-corrected chi connectivity index (χ2v) is 13.5. The zero-order chi connectivity index (χ0) is 25.0. The molecule has 5 rings (SSSR count). The number of ketones is 1. The fraction of sp³-hybridized carbons (Fsp3) is 0.577. The lowest BCUT2D eigenvalue weighted by molar-refractivity contribution is -0.129. The summed E-state index contributed by atoms with van der Waals surface area (Å²) in [6.07, 6.45) is 8.09. The van der Waals surface area contributed by atoms with Gasteiger partial charge in [-0.1, -0.05) is 13.0 Å². The molecule has 1 heterocycles. The first-order valence-corrected chi connectivity index (χ1v) is 14.9. The smallest absolute Gasteiger partial charge is 0.306 e. The lowest BCUT2D eigenvalue weighted by Crippen LogP contribution is -2.44. The second kappa shape index (κ2) is 9.00. The standard InChI is InChI=1S/C26H32N2O5S2/c1-15-14-27-25(34-15)28-23(30)9-5-17-13-22(29)26(2)11-10-20-19-8-6-18(33-35(3,31)32)12-16(19)4-7-21(20)24(17)26/h6,8,12,14,17,20-21,24H,4-5,7,9-11,13H2,1-3H3,(H,27,28,30). The normalized spacial score (nSPS) is 29.7. The Bertz CT molecular complexity index is 1270.